The first-order chi connectivity index (χ1) is 13.1. The number of cyclic esters (lactones) is 1. The summed E-state index contributed by atoms with van der Waals surface area (Å²) in [6, 6.07) is 11.8. The highest BCUT2D eigenvalue weighted by Crippen LogP contribution is 2.40. The first-order valence-corrected chi connectivity index (χ1v) is 8.97. The molecule has 2 aliphatic heterocycles. The van der Waals surface area contributed by atoms with Crippen LogP contribution >= 0.6 is 0 Å². The number of rotatable bonds is 2. The van der Waals surface area contributed by atoms with E-state index in [2.05, 4.69) is 6.07 Å². The third-order valence-electron chi connectivity index (χ3n) is 5.73. The number of benzene rings is 1. The summed E-state index contributed by atoms with van der Waals surface area (Å²) in [7, 11) is 1.48. The lowest BCUT2D eigenvalue weighted by Crippen LogP contribution is -2.45. The molecule has 6 heteroatoms. The Morgan fingerprint density at radius 1 is 1.26 bits per heavy atom. The van der Waals surface area contributed by atoms with Crippen molar-refractivity contribution >= 4 is 16.9 Å². The number of aromatic nitrogens is 2. The highest BCUT2D eigenvalue weighted by Gasteiger charge is 2.47. The molecule has 0 spiro atoms. The van der Waals surface area contributed by atoms with E-state index in [0.29, 0.717) is 24.1 Å². The molecule has 1 aromatic carbocycles. The summed E-state index contributed by atoms with van der Waals surface area (Å²) < 4.78 is 12.6. The maximum atomic E-state index is 13.2. The van der Waals surface area contributed by atoms with Crippen LogP contribution in [0.25, 0.3) is 22.3 Å². The van der Waals surface area contributed by atoms with E-state index >= 15 is 0 Å². The molecular weight excluding hydrogens is 344 g/mol. The molecule has 0 fully saturated rings. The smallest absolute Gasteiger partial charge is 0.343 e. The van der Waals surface area contributed by atoms with Crippen LogP contribution in [-0.4, -0.2) is 22.6 Å². The Kier molecular flexibility index (Phi) is 3.30. The van der Waals surface area contributed by atoms with Crippen molar-refractivity contribution in [1.82, 2.24) is 9.55 Å². The number of carbonyl (C=O) groups excluding carboxylic acids is 1. The minimum atomic E-state index is -1.25. The van der Waals surface area contributed by atoms with Gasteiger partial charge >= 0.3 is 5.97 Å². The SMILES string of the molecule is CC[C@]1(OC)C(=O)OCc2c1cc1n(c2=O)Cc2cc3ccccc3nc2-1. The maximum absolute atomic E-state index is 13.2. The minimum Gasteiger partial charge on any atom is -0.458 e. The lowest BCUT2D eigenvalue weighted by atomic mass is 9.85. The molecule has 1 atom stereocenters. The van der Waals surface area contributed by atoms with Gasteiger partial charge in [-0.2, -0.15) is 0 Å². The van der Waals surface area contributed by atoms with Gasteiger partial charge in [-0.05, 0) is 24.6 Å². The van der Waals surface area contributed by atoms with Gasteiger partial charge in [-0.1, -0.05) is 25.1 Å². The largest absolute Gasteiger partial charge is 0.458 e. The average molecular weight is 362 g/mol. The molecule has 136 valence electrons. The summed E-state index contributed by atoms with van der Waals surface area (Å²) in [4.78, 5) is 30.5. The summed E-state index contributed by atoms with van der Waals surface area (Å²) in [5, 5.41) is 1.04. The predicted molar refractivity (Wildman–Crippen MR) is 99.3 cm³/mol. The quantitative estimate of drug-likeness (QED) is 0.513. The molecule has 0 radical (unpaired) electrons. The fourth-order valence-electron chi connectivity index (χ4n) is 4.25. The number of esters is 1. The normalized spacial score (nSPS) is 20.1. The standard InChI is InChI=1S/C21H18N2O4/c1-3-21(26-2)15-9-17-18-13(8-12-6-4-5-7-16(12)22-18)10-23(17)19(24)14(15)11-27-20(21)25/h4-9H,3,10-11H2,1-2H3/t21-/m1/s1. The van der Waals surface area contributed by atoms with Crippen molar-refractivity contribution in [3.05, 3.63) is 63.4 Å². The molecule has 0 amide bonds. The van der Waals surface area contributed by atoms with Crippen molar-refractivity contribution in [1.29, 1.82) is 0 Å². The molecule has 0 unspecified atom stereocenters. The van der Waals surface area contributed by atoms with E-state index in [1.165, 1.54) is 7.11 Å². The zero-order valence-electron chi connectivity index (χ0n) is 15.1. The number of hydrogen-bond donors (Lipinski definition) is 0. The highest BCUT2D eigenvalue weighted by atomic mass is 16.6. The second kappa shape index (κ2) is 5.50. The number of carbonyl (C=O) groups is 1. The van der Waals surface area contributed by atoms with Gasteiger partial charge < -0.3 is 14.0 Å². The molecule has 0 aliphatic carbocycles. The van der Waals surface area contributed by atoms with Crippen LogP contribution in [0.3, 0.4) is 0 Å². The second-order valence-corrected chi connectivity index (χ2v) is 6.96. The van der Waals surface area contributed by atoms with E-state index in [0.717, 1.165) is 27.9 Å². The first-order valence-electron chi connectivity index (χ1n) is 8.97. The molecule has 2 aliphatic rings. The van der Waals surface area contributed by atoms with Crippen LogP contribution in [0, 0.1) is 0 Å². The van der Waals surface area contributed by atoms with Gasteiger partial charge in [-0.15, -0.1) is 0 Å². The lowest BCUT2D eigenvalue weighted by Gasteiger charge is -2.34. The molecule has 5 rings (SSSR count). The van der Waals surface area contributed by atoms with Crippen LogP contribution in [0.15, 0.2) is 41.2 Å². The van der Waals surface area contributed by atoms with E-state index < -0.39 is 11.6 Å². The predicted octanol–water partition coefficient (Wildman–Crippen LogP) is 2.73. The summed E-state index contributed by atoms with van der Waals surface area (Å²) >= 11 is 0. The third-order valence-corrected chi connectivity index (χ3v) is 5.73. The minimum absolute atomic E-state index is 0.0237. The van der Waals surface area contributed by atoms with Crippen molar-refractivity contribution in [3.63, 3.8) is 0 Å². The van der Waals surface area contributed by atoms with Crippen molar-refractivity contribution in [2.75, 3.05) is 7.11 Å². The molecule has 6 nitrogen and oxygen atoms in total. The fraction of sp³-hybridized carbons (Fsp3) is 0.286. The van der Waals surface area contributed by atoms with Crippen LogP contribution in [0.4, 0.5) is 0 Å². The van der Waals surface area contributed by atoms with Gasteiger partial charge in [-0.25, -0.2) is 9.78 Å². The second-order valence-electron chi connectivity index (χ2n) is 6.96. The topological polar surface area (TPSA) is 70.4 Å². The van der Waals surface area contributed by atoms with E-state index in [4.69, 9.17) is 14.5 Å². The monoisotopic (exact) mass is 362 g/mol. The zero-order valence-corrected chi connectivity index (χ0v) is 15.1. The Morgan fingerprint density at radius 2 is 2.07 bits per heavy atom. The van der Waals surface area contributed by atoms with E-state index in [-0.39, 0.29) is 12.2 Å². The molecule has 4 heterocycles. The lowest BCUT2D eigenvalue weighted by molar-refractivity contribution is -0.176. The van der Waals surface area contributed by atoms with Crippen molar-refractivity contribution in [2.24, 2.45) is 0 Å². The maximum Gasteiger partial charge on any atom is 0.343 e. The molecule has 0 saturated carbocycles. The van der Waals surface area contributed by atoms with Gasteiger partial charge in [0, 0.05) is 23.6 Å². The molecule has 27 heavy (non-hydrogen) atoms. The molecule has 3 aromatic rings. The molecule has 0 bridgehead atoms. The van der Waals surface area contributed by atoms with E-state index in [1.807, 2.05) is 37.3 Å². The van der Waals surface area contributed by atoms with Crippen LogP contribution in [-0.2, 0) is 33.0 Å². The average Bonchev–Trinajstić information content (AvgIpc) is 3.05. The van der Waals surface area contributed by atoms with Crippen LogP contribution in [0.5, 0.6) is 0 Å². The van der Waals surface area contributed by atoms with Gasteiger partial charge in [0.1, 0.15) is 6.61 Å². The number of nitrogens with zero attached hydrogens (tertiary/aromatic N) is 2. The summed E-state index contributed by atoms with van der Waals surface area (Å²) in [6.45, 7) is 2.29. The summed E-state index contributed by atoms with van der Waals surface area (Å²) in [5.41, 5.74) is 3.08. The van der Waals surface area contributed by atoms with E-state index in [1.54, 1.807) is 4.57 Å². The molecule has 2 aromatic heterocycles. The molecular formula is C21H18N2O4. The number of methoxy groups -OCH3 is 1. The summed E-state index contributed by atoms with van der Waals surface area (Å²) in [5.74, 6) is -0.450. The third kappa shape index (κ3) is 2.01. The van der Waals surface area contributed by atoms with Crippen LogP contribution in [0.1, 0.15) is 30.0 Å². The first kappa shape index (κ1) is 16.2. The number of hydrogen-bond acceptors (Lipinski definition) is 5. The van der Waals surface area contributed by atoms with Gasteiger partial charge in [0.15, 0.2) is 5.60 Å². The Labute approximate surface area is 155 Å². The van der Waals surface area contributed by atoms with Gasteiger partial charge in [-0.3, -0.25) is 4.79 Å². The van der Waals surface area contributed by atoms with Gasteiger partial charge in [0.05, 0.1) is 29.0 Å². The molecule has 0 saturated heterocycles. The van der Waals surface area contributed by atoms with Crippen molar-refractivity contribution < 1.29 is 14.3 Å². The van der Waals surface area contributed by atoms with Crippen LogP contribution in [0.2, 0.25) is 0 Å². The van der Waals surface area contributed by atoms with Crippen molar-refractivity contribution in [3.8, 4) is 11.4 Å². The number of fused-ring (bicyclic) bond motifs is 5. The number of pyridine rings is 2. The summed E-state index contributed by atoms with van der Waals surface area (Å²) in [6.07, 6.45) is 0.385. The highest BCUT2D eigenvalue weighted by molar-refractivity contribution is 5.86. The van der Waals surface area contributed by atoms with Crippen molar-refractivity contribution in [2.45, 2.75) is 32.1 Å². The Bertz CT molecular complexity index is 1170. The Balaban J connectivity index is 1.81. The Hall–Kier alpha value is -2.99. The number of para-hydroxylation sites is 1. The van der Waals surface area contributed by atoms with Crippen LogP contribution < -0.4 is 5.56 Å². The number of ether oxygens (including phenoxy) is 2. The van der Waals surface area contributed by atoms with E-state index in [9.17, 15) is 9.59 Å². The molecule has 0 N–H and O–H groups in total. The zero-order chi connectivity index (χ0) is 18.8. The van der Waals surface area contributed by atoms with Gasteiger partial charge in [0.25, 0.3) is 5.56 Å². The Morgan fingerprint density at radius 3 is 2.85 bits per heavy atom. The fourth-order valence-corrected chi connectivity index (χ4v) is 4.25. The van der Waals surface area contributed by atoms with Gasteiger partial charge in [0.2, 0.25) is 0 Å².